The van der Waals surface area contributed by atoms with Gasteiger partial charge in [0, 0.05) is 49.5 Å². The average molecular weight is 1080 g/mol. The topological polar surface area (TPSA) is 112 Å². The molecule has 0 saturated carbocycles. The van der Waals surface area contributed by atoms with Crippen LogP contribution in [0, 0.1) is 12.3 Å². The lowest BCUT2D eigenvalue weighted by Gasteiger charge is -2.34. The Bertz CT molecular complexity index is 4250. The number of fused-ring (bicyclic) bond motifs is 2. The van der Waals surface area contributed by atoms with E-state index in [2.05, 4.69) is 33.6 Å². The highest BCUT2D eigenvalue weighted by Gasteiger charge is 2.44. The number of hydrogen-bond acceptors (Lipinski definition) is 8. The van der Waals surface area contributed by atoms with E-state index in [0.717, 1.165) is 16.7 Å². The van der Waals surface area contributed by atoms with E-state index in [0.29, 0.717) is 83.0 Å². The van der Waals surface area contributed by atoms with E-state index >= 15 is 19.2 Å². The van der Waals surface area contributed by atoms with Gasteiger partial charge >= 0.3 is 0 Å². The quantitative estimate of drug-likeness (QED) is 0.0458. The van der Waals surface area contributed by atoms with Gasteiger partial charge in [0.1, 0.15) is 46.0 Å². The van der Waals surface area contributed by atoms with Gasteiger partial charge in [-0.2, -0.15) is 0 Å². The summed E-state index contributed by atoms with van der Waals surface area (Å²) < 4.78 is 28.5. The second-order valence-corrected chi connectivity index (χ2v) is 21.7. The van der Waals surface area contributed by atoms with E-state index in [1.807, 2.05) is 172 Å². The van der Waals surface area contributed by atoms with Crippen molar-refractivity contribution in [2.45, 2.75) is 65.7 Å². The van der Waals surface area contributed by atoms with Crippen molar-refractivity contribution in [3.8, 4) is 58.3 Å². The largest absolute Gasteiger partial charge is 0.457 e. The Hall–Kier alpha value is -10.2. The van der Waals surface area contributed by atoms with Crippen molar-refractivity contribution >= 4 is 78.1 Å². The van der Waals surface area contributed by atoms with E-state index in [-0.39, 0.29) is 69.4 Å². The molecule has 82 heavy (non-hydrogen) atoms. The van der Waals surface area contributed by atoms with Crippen molar-refractivity contribution in [1.29, 1.82) is 0 Å². The first-order valence-electron chi connectivity index (χ1n) is 27.6. The maximum absolute atomic E-state index is 16.1. The summed E-state index contributed by atoms with van der Waals surface area (Å²) in [6.45, 7) is 12.2. The van der Waals surface area contributed by atoms with Gasteiger partial charge in [-0.05, 0) is 113 Å². The third-order valence-electron chi connectivity index (χ3n) is 15.6. The minimum Gasteiger partial charge on any atom is -0.457 e. The molecule has 0 aliphatic carbocycles. The molecule has 10 heteroatoms. The maximum Gasteiger partial charge on any atom is 0.266 e. The summed E-state index contributed by atoms with van der Waals surface area (Å²) in [6, 6.07) is 55.3. The normalized spacial score (nSPS) is 13.2. The molecule has 0 radical (unpaired) electrons. The molecule has 0 unspecified atom stereocenters. The van der Waals surface area contributed by atoms with Crippen LogP contribution in [0.25, 0.3) is 43.1 Å². The Morgan fingerprint density at radius 1 is 0.354 bits per heavy atom. The number of hydrogen-bond donors (Lipinski definition) is 0. The molecule has 0 bridgehead atoms. The number of para-hydroxylation sites is 6. The van der Waals surface area contributed by atoms with Crippen molar-refractivity contribution in [3.05, 3.63) is 226 Å². The Kier molecular flexibility index (Phi) is 12.6. The smallest absolute Gasteiger partial charge is 0.266 e. The first-order chi connectivity index (χ1) is 39.8. The summed E-state index contributed by atoms with van der Waals surface area (Å²) in [5.41, 5.74) is 4.79. The third-order valence-corrected chi connectivity index (χ3v) is 15.6. The number of benzene rings is 11. The molecule has 13 rings (SSSR count). The van der Waals surface area contributed by atoms with Gasteiger partial charge in [-0.1, -0.05) is 151 Å². The van der Waals surface area contributed by atoms with Crippen LogP contribution in [-0.4, -0.2) is 23.6 Å². The summed E-state index contributed by atoms with van der Waals surface area (Å²) >= 11 is 0. The first-order valence-corrected chi connectivity index (χ1v) is 27.6. The molecule has 2 heterocycles. The fraction of sp³-hybridized carbons (Fsp3) is 0.139. The van der Waals surface area contributed by atoms with E-state index < -0.39 is 23.6 Å². The van der Waals surface area contributed by atoms with Crippen LogP contribution in [0.1, 0.15) is 123 Å². The van der Waals surface area contributed by atoms with Gasteiger partial charge in [0.15, 0.2) is 0 Å². The number of rotatable bonds is 14. The molecule has 400 valence electrons. The maximum atomic E-state index is 16.1. The number of carbonyl (C=O) groups is 4. The molecule has 2 aliphatic heterocycles. The van der Waals surface area contributed by atoms with Crippen molar-refractivity contribution in [2.24, 2.45) is 0 Å². The number of imide groups is 2. The predicted octanol–water partition coefficient (Wildman–Crippen LogP) is 18.1. The van der Waals surface area contributed by atoms with Crippen molar-refractivity contribution < 1.29 is 38.1 Å². The molecule has 0 N–H and O–H groups in total. The lowest BCUT2D eigenvalue weighted by Crippen LogP contribution is -2.42. The Labute approximate surface area is 474 Å². The van der Waals surface area contributed by atoms with Crippen LogP contribution in [0.4, 0.5) is 11.4 Å². The predicted molar refractivity (Wildman–Crippen MR) is 324 cm³/mol. The summed E-state index contributed by atoms with van der Waals surface area (Å²) in [4.78, 5) is 66.8. The monoisotopic (exact) mass is 1070 g/mol. The van der Waals surface area contributed by atoms with Gasteiger partial charge in [-0.25, -0.2) is 9.80 Å². The third kappa shape index (κ3) is 8.18. The van der Waals surface area contributed by atoms with E-state index in [1.165, 1.54) is 9.80 Å². The molecule has 0 spiro atoms. The Morgan fingerprint density at radius 2 is 0.634 bits per heavy atom. The van der Waals surface area contributed by atoms with Gasteiger partial charge in [0.2, 0.25) is 0 Å². The number of carbonyl (C=O) groups excluding carboxylic acids is 4. The molecular weight excluding hydrogens is 1020 g/mol. The van der Waals surface area contributed by atoms with Gasteiger partial charge in [0.25, 0.3) is 23.6 Å². The summed E-state index contributed by atoms with van der Waals surface area (Å²) in [6.07, 6.45) is 6.16. The number of ether oxygens (including phenoxy) is 4. The van der Waals surface area contributed by atoms with E-state index in [4.69, 9.17) is 25.4 Å². The highest BCUT2D eigenvalue weighted by molar-refractivity contribution is 6.48. The van der Waals surface area contributed by atoms with E-state index in [9.17, 15) is 0 Å². The van der Waals surface area contributed by atoms with Crippen LogP contribution in [0.15, 0.2) is 182 Å². The number of amides is 4. The number of terminal acetylenes is 1. The summed E-state index contributed by atoms with van der Waals surface area (Å²) in [5, 5.41) is 3.22. The fourth-order valence-corrected chi connectivity index (χ4v) is 12.1. The fourth-order valence-electron chi connectivity index (χ4n) is 12.1. The lowest BCUT2D eigenvalue weighted by atomic mass is 9.80. The minimum atomic E-state index is -0.590. The van der Waals surface area contributed by atoms with Crippen LogP contribution < -0.4 is 28.7 Å². The van der Waals surface area contributed by atoms with Gasteiger partial charge in [-0.3, -0.25) is 19.2 Å². The van der Waals surface area contributed by atoms with Crippen molar-refractivity contribution in [2.75, 3.05) is 9.80 Å². The molecule has 0 saturated heterocycles. The highest BCUT2D eigenvalue weighted by atomic mass is 16.5. The number of nitrogens with zero attached hydrogens (tertiary/aromatic N) is 2. The molecule has 10 nitrogen and oxygen atoms in total. The standard InChI is InChI=1S/C72H54N2O8/c1-8-23-43-24-21-33-48(40(2)3)67(43)73-69(75)51-36-55(79-44-25-13-9-14-26-44)61-63-57(81-46-29-17-11-18-30-46)38-53-60-54(72(78)74(71(53)77)68-49(41(4)5)34-22-35-50(68)42(6)7)39-58(82-47-31-19-12-20-32-47)64(66(60)63)62-56(80-45-27-15-10-16-28-45)37-52(70(73)76)59(51)65(61)62/h1,9-22,24-42H,23H2,2-7H3. The molecule has 11 aromatic carbocycles. The molecular formula is C72H54N2O8. The molecule has 11 aromatic rings. The summed E-state index contributed by atoms with van der Waals surface area (Å²) in [7, 11) is 0. The van der Waals surface area contributed by atoms with Gasteiger partial charge in [0.05, 0.1) is 33.6 Å². The van der Waals surface area contributed by atoms with Crippen LogP contribution in [0.5, 0.6) is 46.0 Å². The molecule has 0 fully saturated rings. The average Bonchev–Trinajstić information content (AvgIpc) is 1.41. The first kappa shape index (κ1) is 51.2. The second kappa shape index (κ2) is 20.1. The van der Waals surface area contributed by atoms with Crippen LogP contribution in [-0.2, 0) is 6.42 Å². The zero-order valence-electron chi connectivity index (χ0n) is 46.0. The van der Waals surface area contributed by atoms with Crippen molar-refractivity contribution in [3.63, 3.8) is 0 Å². The summed E-state index contributed by atoms with van der Waals surface area (Å²) in [5.74, 6) is 2.94. The van der Waals surface area contributed by atoms with Crippen LogP contribution in [0.3, 0.4) is 0 Å². The van der Waals surface area contributed by atoms with Crippen molar-refractivity contribution in [1.82, 2.24) is 0 Å². The minimum absolute atomic E-state index is 0.0644. The molecule has 0 aromatic heterocycles. The molecule has 4 amide bonds. The van der Waals surface area contributed by atoms with E-state index in [1.54, 1.807) is 24.3 Å². The highest BCUT2D eigenvalue weighted by Crippen LogP contribution is 2.59. The second-order valence-electron chi connectivity index (χ2n) is 21.7. The molecule has 2 aliphatic rings. The lowest BCUT2D eigenvalue weighted by molar-refractivity contribution is 0.0877. The van der Waals surface area contributed by atoms with Crippen LogP contribution in [0.2, 0.25) is 0 Å². The zero-order valence-corrected chi connectivity index (χ0v) is 46.0. The van der Waals surface area contributed by atoms with Crippen LogP contribution >= 0.6 is 0 Å². The van der Waals surface area contributed by atoms with Gasteiger partial charge < -0.3 is 18.9 Å². The molecule has 0 atom stereocenters. The zero-order chi connectivity index (χ0) is 56.7. The Balaban J connectivity index is 1.25. The SMILES string of the molecule is C#CCc1cccc(C(C)C)c1N1C(=O)c2cc(Oc3ccccc3)c3c4c(Oc5ccccc5)cc5c6c(cc(Oc7ccccc7)c(c7c(Oc8ccccc8)cc(c2c37)C1=O)c64)C(=O)N(c1c(C(C)C)cccc1C(C)C)C5=O. The van der Waals surface area contributed by atoms with Gasteiger partial charge in [-0.15, -0.1) is 12.3 Å². The Morgan fingerprint density at radius 3 is 0.927 bits per heavy atom. The number of anilines is 2.